The van der Waals surface area contributed by atoms with Gasteiger partial charge in [-0.25, -0.2) is 0 Å². The Labute approximate surface area is 145 Å². The van der Waals surface area contributed by atoms with Crippen LogP contribution < -0.4 is 4.74 Å². The van der Waals surface area contributed by atoms with E-state index in [0.29, 0.717) is 0 Å². The zero-order valence-corrected chi connectivity index (χ0v) is 14.4. The molecule has 0 atom stereocenters. The Bertz CT molecular complexity index is 870. The molecule has 0 saturated heterocycles. The number of rotatable bonds is 2. The van der Waals surface area contributed by atoms with Crippen LogP contribution in [0.3, 0.4) is 0 Å². The van der Waals surface area contributed by atoms with Crippen molar-refractivity contribution in [1.82, 2.24) is 0 Å². The van der Waals surface area contributed by atoms with Gasteiger partial charge >= 0.3 is 0 Å². The lowest BCUT2D eigenvalue weighted by Crippen LogP contribution is -2.38. The zero-order chi connectivity index (χ0) is 17.0. The van der Waals surface area contributed by atoms with Crippen LogP contribution in [-0.2, 0) is 0 Å². The highest BCUT2D eigenvalue weighted by Gasteiger charge is 2.43. The van der Waals surface area contributed by atoms with Crippen LogP contribution >= 0.6 is 0 Å². The fourth-order valence-corrected chi connectivity index (χ4v) is 3.76. The monoisotopic (exact) mass is 316 g/mol. The van der Waals surface area contributed by atoms with Crippen LogP contribution in [0.5, 0.6) is 5.75 Å². The van der Waals surface area contributed by atoms with Crippen molar-refractivity contribution in [3.63, 3.8) is 0 Å². The summed E-state index contributed by atoms with van der Waals surface area (Å²) in [5.74, 6) is 0.965. The van der Waals surface area contributed by atoms with Crippen molar-refractivity contribution in [2.45, 2.75) is 45.1 Å². The normalized spacial score (nSPS) is 17.6. The van der Waals surface area contributed by atoms with Crippen LogP contribution in [0.4, 0.5) is 0 Å². The van der Waals surface area contributed by atoms with Gasteiger partial charge in [0.05, 0.1) is 0 Å². The van der Waals surface area contributed by atoms with Crippen LogP contribution in [0.1, 0.15) is 46.5 Å². The molecule has 1 heterocycles. The summed E-state index contributed by atoms with van der Waals surface area (Å²) >= 11 is 0. The summed E-state index contributed by atoms with van der Waals surface area (Å²) in [7, 11) is 0. The van der Waals surface area contributed by atoms with E-state index in [-0.39, 0.29) is 7.03 Å². The first-order valence-corrected chi connectivity index (χ1v) is 8.50. The maximum Gasteiger partial charge on any atom is 0.135 e. The second kappa shape index (κ2) is 6.86. The van der Waals surface area contributed by atoms with Crippen LogP contribution in [0.25, 0.3) is 5.57 Å². The van der Waals surface area contributed by atoms with Crippen LogP contribution in [0.2, 0.25) is 0 Å². The highest BCUT2D eigenvalue weighted by molar-refractivity contribution is 5.87. The van der Waals surface area contributed by atoms with Gasteiger partial charge in [-0.2, -0.15) is 0 Å². The van der Waals surface area contributed by atoms with Crippen LogP contribution in [-0.4, -0.2) is 5.60 Å². The molecular weight excluding hydrogens is 292 g/mol. The highest BCUT2D eigenvalue weighted by atomic mass is 16.5. The smallest absolute Gasteiger partial charge is 0.135 e. The number of ether oxygens (including phenoxy) is 1. The van der Waals surface area contributed by atoms with E-state index in [1.54, 1.807) is 0 Å². The molecule has 3 rings (SSSR count). The Kier molecular flexibility index (Phi) is 4.64. The summed E-state index contributed by atoms with van der Waals surface area (Å²) in [5.41, 5.74) is 15.8. The summed E-state index contributed by atoms with van der Waals surface area (Å²) in [6, 6.07) is 8.28. The Hall–Kier alpha value is -2.64. The molecule has 0 radical (unpaired) electrons. The molecule has 2 aliphatic rings. The third kappa shape index (κ3) is 2.79. The van der Waals surface area contributed by atoms with E-state index in [0.717, 1.165) is 29.7 Å². The highest BCUT2D eigenvalue weighted by Crippen LogP contribution is 2.50. The summed E-state index contributed by atoms with van der Waals surface area (Å²) in [4.78, 5) is 0. The molecule has 0 unspecified atom stereocenters. The Balaban J connectivity index is 0.00000225. The van der Waals surface area contributed by atoms with E-state index in [4.69, 9.17) is 4.74 Å². The molecule has 0 bridgehead atoms. The first-order chi connectivity index (χ1) is 11.7. The topological polar surface area (TPSA) is 9.23 Å². The molecule has 1 spiro atoms. The average molecular weight is 316 g/mol. The lowest BCUT2D eigenvalue weighted by molar-refractivity contribution is 0.115. The Morgan fingerprint density at radius 3 is 2.71 bits per heavy atom. The minimum atomic E-state index is -0.211. The largest absolute Gasteiger partial charge is 0.482 e. The fourth-order valence-electron chi connectivity index (χ4n) is 3.76. The van der Waals surface area contributed by atoms with E-state index < -0.39 is 0 Å². The lowest BCUT2D eigenvalue weighted by Gasteiger charge is -2.38. The maximum atomic E-state index is 6.54. The van der Waals surface area contributed by atoms with Crippen LogP contribution in [0.15, 0.2) is 77.1 Å². The SMILES string of the molecule is C=C=C=C=C=C(C)C1=C(/C=C/C)C2(CCCC2)Oc2ccccc21.[HH]. The van der Waals surface area contributed by atoms with E-state index in [2.05, 4.69) is 73.7 Å². The van der Waals surface area contributed by atoms with Gasteiger partial charge in [-0.3, -0.25) is 0 Å². The Morgan fingerprint density at radius 1 is 1.25 bits per heavy atom. The molecule has 0 aromatic heterocycles. The van der Waals surface area contributed by atoms with Crippen molar-refractivity contribution in [3.8, 4) is 5.75 Å². The Morgan fingerprint density at radius 2 is 2.00 bits per heavy atom. The van der Waals surface area contributed by atoms with E-state index in [9.17, 15) is 0 Å². The predicted octanol–water partition coefficient (Wildman–Crippen LogP) is 6.16. The first-order valence-electron chi connectivity index (χ1n) is 8.50. The number of para-hydroxylation sites is 1. The summed E-state index contributed by atoms with van der Waals surface area (Å²) < 4.78 is 6.54. The molecule has 1 aromatic rings. The van der Waals surface area contributed by atoms with Gasteiger partial charge < -0.3 is 4.74 Å². The standard InChI is InChI=1S/C23H22O.H2/c1-4-6-7-13-18(3)22-19-14-8-9-15-21(19)24-23(16-10-11-17-23)20(22)12-5-2;/h5,8-9,12,14-15H,1,10-11,16-17H2,2-3H3;1H/b12-5+;. The van der Waals surface area contributed by atoms with Crippen molar-refractivity contribution in [3.05, 3.63) is 82.6 Å². The van der Waals surface area contributed by atoms with E-state index in [1.165, 1.54) is 24.0 Å². The molecule has 0 N–H and O–H groups in total. The second-order valence-electron chi connectivity index (χ2n) is 6.27. The number of allylic oxidation sites excluding steroid dienone is 3. The molecular formula is C23H24O. The molecule has 1 heteroatoms. The van der Waals surface area contributed by atoms with E-state index in [1.807, 2.05) is 6.07 Å². The van der Waals surface area contributed by atoms with Gasteiger partial charge in [0.25, 0.3) is 0 Å². The second-order valence-corrected chi connectivity index (χ2v) is 6.27. The number of benzene rings is 1. The summed E-state index contributed by atoms with van der Waals surface area (Å²) in [6.45, 7) is 7.65. The van der Waals surface area contributed by atoms with Crippen molar-refractivity contribution >= 4 is 5.57 Å². The van der Waals surface area contributed by atoms with E-state index >= 15 is 0 Å². The quantitative estimate of drug-likeness (QED) is 0.593. The number of fused-ring (bicyclic) bond motifs is 1. The molecule has 1 saturated carbocycles. The number of hydrogen-bond acceptors (Lipinski definition) is 1. The molecule has 1 fully saturated rings. The third-order valence-corrected chi connectivity index (χ3v) is 4.74. The van der Waals surface area contributed by atoms with Gasteiger partial charge in [0.1, 0.15) is 11.4 Å². The maximum absolute atomic E-state index is 6.54. The minimum absolute atomic E-state index is 0. The molecule has 0 amide bonds. The first kappa shape index (κ1) is 16.2. The zero-order valence-electron chi connectivity index (χ0n) is 14.4. The minimum Gasteiger partial charge on any atom is -0.482 e. The van der Waals surface area contributed by atoms with Crippen molar-refractivity contribution in [2.75, 3.05) is 0 Å². The molecule has 1 nitrogen and oxygen atoms in total. The molecule has 1 aliphatic carbocycles. The fraction of sp³-hybridized carbons (Fsp3) is 0.304. The van der Waals surface area contributed by atoms with Crippen LogP contribution in [0, 0.1) is 0 Å². The molecule has 1 aliphatic heterocycles. The van der Waals surface area contributed by atoms with Gasteiger partial charge in [0.2, 0.25) is 0 Å². The summed E-state index contributed by atoms with van der Waals surface area (Å²) in [6.07, 6.45) is 8.83. The average Bonchev–Trinajstić information content (AvgIpc) is 3.05. The van der Waals surface area contributed by atoms with Gasteiger partial charge in [-0.15, -0.1) is 0 Å². The van der Waals surface area contributed by atoms with Gasteiger partial charge in [-0.05, 0) is 63.6 Å². The van der Waals surface area contributed by atoms with Crippen molar-refractivity contribution in [2.24, 2.45) is 0 Å². The van der Waals surface area contributed by atoms with Gasteiger partial charge in [0, 0.05) is 23.7 Å². The van der Waals surface area contributed by atoms with Gasteiger partial charge in [0.15, 0.2) is 0 Å². The molecule has 24 heavy (non-hydrogen) atoms. The predicted molar refractivity (Wildman–Crippen MR) is 101 cm³/mol. The summed E-state index contributed by atoms with van der Waals surface area (Å²) in [5, 5.41) is 0. The molecule has 1 aromatic carbocycles. The van der Waals surface area contributed by atoms with Crippen molar-refractivity contribution in [1.29, 1.82) is 0 Å². The van der Waals surface area contributed by atoms with Crippen molar-refractivity contribution < 1.29 is 6.16 Å². The number of hydrogen-bond donors (Lipinski definition) is 0. The lowest BCUT2D eigenvalue weighted by atomic mass is 9.80. The third-order valence-electron chi connectivity index (χ3n) is 4.74. The van der Waals surface area contributed by atoms with Gasteiger partial charge in [-0.1, -0.05) is 41.8 Å². The molecule has 122 valence electrons.